The first kappa shape index (κ1) is 29.0. The number of carbonyl (C=O) groups excluding carboxylic acids is 3. The largest absolute Gasteiger partial charge is 0.497 e. The zero-order valence-corrected chi connectivity index (χ0v) is 23.6. The van der Waals surface area contributed by atoms with E-state index in [1.54, 1.807) is 98.1 Å². The van der Waals surface area contributed by atoms with Crippen molar-refractivity contribution >= 4 is 64.3 Å². The van der Waals surface area contributed by atoms with Gasteiger partial charge in [-0.3, -0.25) is 14.4 Å². The highest BCUT2D eigenvalue weighted by Gasteiger charge is 2.16. The maximum absolute atomic E-state index is 13.3. The average molecular weight is 592 g/mol. The van der Waals surface area contributed by atoms with Gasteiger partial charge in [0.25, 0.3) is 11.8 Å². The van der Waals surface area contributed by atoms with Gasteiger partial charge in [0.05, 0.1) is 12.9 Å². The Morgan fingerprint density at radius 3 is 2.35 bits per heavy atom. The summed E-state index contributed by atoms with van der Waals surface area (Å²) < 4.78 is 5.19. The van der Waals surface area contributed by atoms with Crippen molar-refractivity contribution in [1.29, 1.82) is 0 Å². The number of rotatable bonds is 10. The van der Waals surface area contributed by atoms with E-state index in [0.717, 1.165) is 4.90 Å². The molecule has 0 heterocycles. The molecule has 0 aliphatic rings. The van der Waals surface area contributed by atoms with Gasteiger partial charge >= 0.3 is 0 Å². The summed E-state index contributed by atoms with van der Waals surface area (Å²) in [5.41, 5.74) is 1.93. The molecule has 0 saturated carbocycles. The summed E-state index contributed by atoms with van der Waals surface area (Å²) in [7, 11) is 1.55. The van der Waals surface area contributed by atoms with Gasteiger partial charge in [0.15, 0.2) is 5.78 Å². The van der Waals surface area contributed by atoms with Gasteiger partial charge < -0.3 is 15.4 Å². The molecule has 0 radical (unpaired) electrons. The molecule has 0 aliphatic heterocycles. The Morgan fingerprint density at radius 1 is 0.850 bits per heavy atom. The molecule has 0 saturated heterocycles. The minimum absolute atomic E-state index is 0.00988. The van der Waals surface area contributed by atoms with Gasteiger partial charge in [-0.05, 0) is 66.2 Å². The van der Waals surface area contributed by atoms with E-state index < -0.39 is 11.8 Å². The summed E-state index contributed by atoms with van der Waals surface area (Å²) >= 11 is 13.7. The van der Waals surface area contributed by atoms with Gasteiger partial charge in [-0.1, -0.05) is 65.7 Å². The number of hydrogen-bond acceptors (Lipinski definition) is 5. The minimum Gasteiger partial charge on any atom is -0.497 e. The Balaban J connectivity index is 1.50. The second-order valence-corrected chi connectivity index (χ2v) is 10.4. The fourth-order valence-electron chi connectivity index (χ4n) is 3.61. The van der Waals surface area contributed by atoms with Crippen LogP contribution in [-0.2, 0) is 4.79 Å². The van der Waals surface area contributed by atoms with E-state index >= 15 is 0 Å². The number of halogens is 2. The summed E-state index contributed by atoms with van der Waals surface area (Å²) in [5, 5.41) is 6.27. The number of thioether (sulfide) groups is 1. The molecule has 202 valence electrons. The van der Waals surface area contributed by atoms with Crippen molar-refractivity contribution < 1.29 is 19.1 Å². The summed E-state index contributed by atoms with van der Waals surface area (Å²) in [4.78, 5) is 39.7. The number of methoxy groups -OCH3 is 1. The Morgan fingerprint density at radius 2 is 1.60 bits per heavy atom. The van der Waals surface area contributed by atoms with E-state index in [1.807, 2.05) is 6.07 Å². The molecule has 40 heavy (non-hydrogen) atoms. The van der Waals surface area contributed by atoms with Crippen LogP contribution in [0.5, 0.6) is 5.75 Å². The number of anilines is 1. The van der Waals surface area contributed by atoms with Crippen LogP contribution in [0.2, 0.25) is 10.0 Å². The maximum atomic E-state index is 13.3. The van der Waals surface area contributed by atoms with E-state index in [9.17, 15) is 14.4 Å². The van der Waals surface area contributed by atoms with Crippen LogP contribution in [0.15, 0.2) is 108 Å². The van der Waals surface area contributed by atoms with E-state index in [-0.39, 0.29) is 17.2 Å². The lowest BCUT2D eigenvalue weighted by Crippen LogP contribution is -2.30. The molecule has 2 amide bonds. The van der Waals surface area contributed by atoms with Gasteiger partial charge in [-0.25, -0.2) is 0 Å². The van der Waals surface area contributed by atoms with Crippen LogP contribution in [-0.4, -0.2) is 30.5 Å². The molecular formula is C31H24Cl2N2O4S. The molecule has 2 N–H and O–H groups in total. The zero-order chi connectivity index (χ0) is 28.5. The summed E-state index contributed by atoms with van der Waals surface area (Å²) in [6, 6.07) is 27.5. The van der Waals surface area contributed by atoms with Gasteiger partial charge in [0, 0.05) is 31.8 Å². The zero-order valence-electron chi connectivity index (χ0n) is 21.3. The lowest BCUT2D eigenvalue weighted by atomic mass is 10.1. The number of amides is 2. The van der Waals surface area contributed by atoms with E-state index in [0.29, 0.717) is 38.2 Å². The Bertz CT molecular complexity index is 1570. The first-order valence-electron chi connectivity index (χ1n) is 12.1. The number of ether oxygens (including phenoxy) is 1. The monoisotopic (exact) mass is 590 g/mol. The molecule has 0 aromatic heterocycles. The number of ketones is 1. The molecule has 0 atom stereocenters. The fourth-order valence-corrected chi connectivity index (χ4v) is 4.92. The molecule has 9 heteroatoms. The molecule has 4 aromatic rings. The van der Waals surface area contributed by atoms with Crippen LogP contribution >= 0.6 is 35.0 Å². The van der Waals surface area contributed by atoms with E-state index in [4.69, 9.17) is 27.9 Å². The van der Waals surface area contributed by atoms with Crippen LogP contribution < -0.4 is 15.4 Å². The highest BCUT2D eigenvalue weighted by Crippen LogP contribution is 2.25. The first-order valence-corrected chi connectivity index (χ1v) is 13.8. The smallest absolute Gasteiger partial charge is 0.272 e. The quantitative estimate of drug-likeness (QED) is 0.114. The van der Waals surface area contributed by atoms with Gasteiger partial charge in [0.1, 0.15) is 11.4 Å². The fraction of sp³-hybridized carbons (Fsp3) is 0.0645. The summed E-state index contributed by atoms with van der Waals surface area (Å²) in [5.74, 6) is -0.231. The van der Waals surface area contributed by atoms with Crippen molar-refractivity contribution in [3.05, 3.63) is 129 Å². The molecule has 4 rings (SSSR count). The first-order chi connectivity index (χ1) is 19.3. The van der Waals surface area contributed by atoms with Crippen molar-refractivity contribution in [1.82, 2.24) is 5.32 Å². The van der Waals surface area contributed by atoms with Crippen LogP contribution in [0.4, 0.5) is 5.69 Å². The Kier molecular flexibility index (Phi) is 10.0. The number of carbonyl (C=O) groups is 3. The second kappa shape index (κ2) is 13.8. The molecule has 0 unspecified atom stereocenters. The lowest BCUT2D eigenvalue weighted by Gasteiger charge is -2.13. The molecule has 6 nitrogen and oxygen atoms in total. The number of benzene rings is 4. The highest BCUT2D eigenvalue weighted by molar-refractivity contribution is 8.00. The molecule has 0 fully saturated rings. The Labute approximate surface area is 246 Å². The highest BCUT2D eigenvalue weighted by atomic mass is 35.5. The van der Waals surface area contributed by atoms with Crippen LogP contribution in [0.1, 0.15) is 26.3 Å². The van der Waals surface area contributed by atoms with Gasteiger partial charge in [-0.15, -0.1) is 11.8 Å². The third-order valence-corrected chi connectivity index (χ3v) is 7.20. The summed E-state index contributed by atoms with van der Waals surface area (Å²) in [6.07, 6.45) is 1.49. The van der Waals surface area contributed by atoms with Crippen molar-refractivity contribution in [3.63, 3.8) is 0 Å². The lowest BCUT2D eigenvalue weighted by molar-refractivity contribution is -0.113. The molecule has 0 aliphatic carbocycles. The van der Waals surface area contributed by atoms with Crippen LogP contribution in [0.25, 0.3) is 6.08 Å². The third kappa shape index (κ3) is 7.99. The molecule has 0 bridgehead atoms. The predicted octanol–water partition coefficient (Wildman–Crippen LogP) is 7.39. The van der Waals surface area contributed by atoms with Crippen LogP contribution in [0.3, 0.4) is 0 Å². The molecular weight excluding hydrogens is 567 g/mol. The molecule has 4 aromatic carbocycles. The topological polar surface area (TPSA) is 84.5 Å². The average Bonchev–Trinajstić information content (AvgIpc) is 2.97. The van der Waals surface area contributed by atoms with Crippen molar-refractivity contribution in [2.75, 3.05) is 18.2 Å². The Hall–Kier alpha value is -4.04. The van der Waals surface area contributed by atoms with E-state index in [1.165, 1.54) is 17.8 Å². The normalized spacial score (nSPS) is 11.0. The number of hydrogen-bond donors (Lipinski definition) is 2. The summed E-state index contributed by atoms with van der Waals surface area (Å²) in [6.45, 7) is 0. The predicted molar refractivity (Wildman–Crippen MR) is 161 cm³/mol. The minimum atomic E-state index is -0.551. The van der Waals surface area contributed by atoms with Crippen molar-refractivity contribution in [2.24, 2.45) is 0 Å². The number of Topliss-reactive ketones (excluding diaryl/α,β-unsaturated/α-hetero) is 1. The van der Waals surface area contributed by atoms with Gasteiger partial charge in [-0.2, -0.15) is 0 Å². The maximum Gasteiger partial charge on any atom is 0.272 e. The standard InChI is InChI=1S/C31H24Cl2N2O4S/c1-39-25-11-5-9-22(15-25)29(36)19-40-26-12-6-10-24(18-26)34-31(38)28(16-21-13-14-23(32)17-27(21)33)35-30(37)20-7-3-2-4-8-20/h2-18H,19H2,1H3,(H,34,38)(H,35,37)/b28-16-. The van der Waals surface area contributed by atoms with Crippen molar-refractivity contribution in [2.45, 2.75) is 4.90 Å². The van der Waals surface area contributed by atoms with Crippen LogP contribution in [0, 0.1) is 0 Å². The van der Waals surface area contributed by atoms with Crippen molar-refractivity contribution in [3.8, 4) is 5.75 Å². The number of nitrogens with one attached hydrogen (secondary N) is 2. The third-order valence-electron chi connectivity index (χ3n) is 5.64. The van der Waals surface area contributed by atoms with E-state index in [2.05, 4.69) is 10.6 Å². The van der Waals surface area contributed by atoms with Gasteiger partial charge in [0.2, 0.25) is 0 Å². The SMILES string of the molecule is COc1cccc(C(=O)CSc2cccc(NC(=O)/C(=C/c3ccc(Cl)cc3Cl)NC(=O)c3ccccc3)c2)c1. The molecule has 0 spiro atoms. The second-order valence-electron chi connectivity index (χ2n) is 8.47.